The number of fused-ring (bicyclic) bond motifs is 1. The first-order valence-corrected chi connectivity index (χ1v) is 9.39. The number of carbonyl (C=O) groups excluding carboxylic acids is 1. The van der Waals surface area contributed by atoms with Crippen molar-refractivity contribution < 1.29 is 18.7 Å². The maximum absolute atomic E-state index is 13.1. The van der Waals surface area contributed by atoms with Crippen LogP contribution in [0.3, 0.4) is 0 Å². The molecule has 0 unspecified atom stereocenters. The van der Waals surface area contributed by atoms with Gasteiger partial charge >= 0.3 is 0 Å². The molecule has 2 aliphatic heterocycles. The molecule has 0 N–H and O–H groups in total. The minimum Gasteiger partial charge on any atom is -0.454 e. The van der Waals surface area contributed by atoms with Crippen molar-refractivity contribution in [3.63, 3.8) is 0 Å². The molecule has 27 heavy (non-hydrogen) atoms. The Hall–Kier alpha value is -2.51. The molecule has 4 rings (SSSR count). The molecule has 138 valence electrons. The van der Waals surface area contributed by atoms with E-state index >= 15 is 0 Å². The smallest absolute Gasteiger partial charge is 0.266 e. The fourth-order valence-electron chi connectivity index (χ4n) is 2.68. The van der Waals surface area contributed by atoms with Crippen LogP contribution in [0.5, 0.6) is 11.5 Å². The molecule has 0 saturated carbocycles. The van der Waals surface area contributed by atoms with Crippen LogP contribution in [0.15, 0.2) is 46.3 Å². The van der Waals surface area contributed by atoms with Gasteiger partial charge in [0.2, 0.25) is 6.79 Å². The molecule has 0 aromatic heterocycles. The summed E-state index contributed by atoms with van der Waals surface area (Å²) >= 11 is 7.56. The molecule has 0 bridgehead atoms. The largest absolute Gasteiger partial charge is 0.454 e. The molecule has 2 heterocycles. The number of ether oxygens (including phenoxy) is 2. The standard InChI is InChI=1S/C19H14ClFN2O3S/c1-2-23-18(24)17(27-19(23)22-13-5-3-12(21)4-6-13)8-11-7-15-16(9-14(11)20)26-10-25-15/h3-9H,2,10H2,1H3/b17-8+,22-19?. The molecule has 5 nitrogen and oxygen atoms in total. The van der Waals surface area contributed by atoms with E-state index in [9.17, 15) is 9.18 Å². The predicted octanol–water partition coefficient (Wildman–Crippen LogP) is 4.83. The molecular weight excluding hydrogens is 391 g/mol. The lowest BCUT2D eigenvalue weighted by Gasteiger charge is -2.11. The topological polar surface area (TPSA) is 51.1 Å². The number of nitrogens with zero attached hydrogens (tertiary/aromatic N) is 2. The number of halogens is 2. The monoisotopic (exact) mass is 404 g/mol. The zero-order valence-electron chi connectivity index (χ0n) is 14.2. The van der Waals surface area contributed by atoms with Crippen LogP contribution in [0.2, 0.25) is 5.02 Å². The Balaban J connectivity index is 1.67. The van der Waals surface area contributed by atoms with Crippen molar-refractivity contribution in [2.75, 3.05) is 13.3 Å². The van der Waals surface area contributed by atoms with Crippen LogP contribution in [0, 0.1) is 5.82 Å². The van der Waals surface area contributed by atoms with Gasteiger partial charge in [0.1, 0.15) is 5.82 Å². The molecule has 2 aromatic carbocycles. The number of hydrogen-bond donors (Lipinski definition) is 0. The van der Waals surface area contributed by atoms with Crippen molar-refractivity contribution in [2.24, 2.45) is 4.99 Å². The Bertz CT molecular complexity index is 976. The van der Waals surface area contributed by atoms with Crippen LogP contribution in [-0.4, -0.2) is 29.3 Å². The van der Waals surface area contributed by atoms with Gasteiger partial charge in [-0.25, -0.2) is 9.38 Å². The summed E-state index contributed by atoms with van der Waals surface area (Å²) < 4.78 is 23.8. The third-order valence-electron chi connectivity index (χ3n) is 4.03. The Morgan fingerprint density at radius 1 is 1.26 bits per heavy atom. The van der Waals surface area contributed by atoms with Gasteiger partial charge in [-0.2, -0.15) is 0 Å². The van der Waals surface area contributed by atoms with E-state index < -0.39 is 0 Å². The van der Waals surface area contributed by atoms with E-state index in [-0.39, 0.29) is 18.5 Å². The molecule has 1 saturated heterocycles. The van der Waals surface area contributed by atoms with Crippen LogP contribution in [0.1, 0.15) is 12.5 Å². The second kappa shape index (κ2) is 7.25. The predicted molar refractivity (Wildman–Crippen MR) is 104 cm³/mol. The van der Waals surface area contributed by atoms with Crippen LogP contribution in [0.25, 0.3) is 6.08 Å². The Labute approximate surface area is 164 Å². The highest BCUT2D eigenvalue weighted by Crippen LogP contribution is 2.40. The lowest BCUT2D eigenvalue weighted by atomic mass is 10.2. The minimum atomic E-state index is -0.334. The van der Waals surface area contributed by atoms with E-state index in [2.05, 4.69) is 4.99 Å². The van der Waals surface area contributed by atoms with Crippen molar-refractivity contribution in [1.29, 1.82) is 0 Å². The number of carbonyl (C=O) groups is 1. The van der Waals surface area contributed by atoms with Gasteiger partial charge in [-0.1, -0.05) is 11.6 Å². The Morgan fingerprint density at radius 3 is 2.67 bits per heavy atom. The van der Waals surface area contributed by atoms with Gasteiger partial charge in [0.15, 0.2) is 16.7 Å². The fraction of sp³-hybridized carbons (Fsp3) is 0.158. The number of benzene rings is 2. The summed E-state index contributed by atoms with van der Waals surface area (Å²) in [6.45, 7) is 2.49. The summed E-state index contributed by atoms with van der Waals surface area (Å²) in [6.07, 6.45) is 1.72. The summed E-state index contributed by atoms with van der Waals surface area (Å²) in [5, 5.41) is 1.00. The van der Waals surface area contributed by atoms with Gasteiger partial charge in [-0.05, 0) is 60.7 Å². The van der Waals surface area contributed by atoms with E-state index in [1.165, 1.54) is 23.9 Å². The quantitative estimate of drug-likeness (QED) is 0.687. The SMILES string of the molecule is CCN1C(=O)/C(=C\c2cc3c(cc2Cl)OCO3)SC1=Nc1ccc(F)cc1. The number of likely N-dealkylation sites (N-methyl/N-ethyl adjacent to an activating group) is 1. The van der Waals surface area contributed by atoms with Crippen molar-refractivity contribution in [2.45, 2.75) is 6.92 Å². The molecule has 0 radical (unpaired) electrons. The molecule has 8 heteroatoms. The fourth-order valence-corrected chi connectivity index (χ4v) is 3.94. The van der Waals surface area contributed by atoms with Gasteiger partial charge in [0, 0.05) is 12.6 Å². The maximum Gasteiger partial charge on any atom is 0.266 e. The molecule has 1 fully saturated rings. The van der Waals surface area contributed by atoms with Gasteiger partial charge in [0.05, 0.1) is 15.6 Å². The Morgan fingerprint density at radius 2 is 1.96 bits per heavy atom. The highest BCUT2D eigenvalue weighted by atomic mass is 35.5. The molecule has 0 atom stereocenters. The van der Waals surface area contributed by atoms with E-state index in [0.29, 0.717) is 44.4 Å². The number of thioether (sulfide) groups is 1. The van der Waals surface area contributed by atoms with Crippen molar-refractivity contribution >= 4 is 46.2 Å². The van der Waals surface area contributed by atoms with Crippen molar-refractivity contribution in [1.82, 2.24) is 4.90 Å². The van der Waals surface area contributed by atoms with E-state index in [4.69, 9.17) is 21.1 Å². The first kappa shape index (κ1) is 17.9. The molecule has 0 spiro atoms. The molecule has 0 aliphatic carbocycles. The third kappa shape index (κ3) is 3.52. The van der Waals surface area contributed by atoms with E-state index in [0.717, 1.165) is 0 Å². The average Bonchev–Trinajstić information content (AvgIpc) is 3.21. The zero-order valence-corrected chi connectivity index (χ0v) is 15.8. The summed E-state index contributed by atoms with van der Waals surface area (Å²) in [5.74, 6) is 0.687. The highest BCUT2D eigenvalue weighted by molar-refractivity contribution is 8.18. The van der Waals surface area contributed by atoms with Crippen LogP contribution >= 0.6 is 23.4 Å². The first-order chi connectivity index (χ1) is 13.0. The minimum absolute atomic E-state index is 0.150. The zero-order chi connectivity index (χ0) is 19.0. The average molecular weight is 405 g/mol. The lowest BCUT2D eigenvalue weighted by Crippen LogP contribution is -2.28. The molecule has 1 amide bonds. The van der Waals surface area contributed by atoms with Crippen molar-refractivity contribution in [3.05, 3.63) is 57.7 Å². The van der Waals surface area contributed by atoms with Gasteiger partial charge in [-0.15, -0.1) is 0 Å². The summed E-state index contributed by atoms with van der Waals surface area (Å²) in [4.78, 5) is 19.3. The molecule has 2 aromatic rings. The summed E-state index contributed by atoms with van der Waals surface area (Å²) in [6, 6.07) is 9.22. The number of aliphatic imine (C=N–C) groups is 1. The summed E-state index contributed by atoms with van der Waals surface area (Å²) in [7, 11) is 0. The lowest BCUT2D eigenvalue weighted by molar-refractivity contribution is -0.122. The normalized spacial score (nSPS) is 18.8. The van der Waals surface area contributed by atoms with Gasteiger partial charge in [-0.3, -0.25) is 9.69 Å². The number of amidine groups is 1. The van der Waals surface area contributed by atoms with E-state index in [1.807, 2.05) is 6.92 Å². The summed E-state index contributed by atoms with van der Waals surface area (Å²) in [5.41, 5.74) is 1.24. The highest BCUT2D eigenvalue weighted by Gasteiger charge is 2.32. The maximum atomic E-state index is 13.1. The van der Waals surface area contributed by atoms with Crippen LogP contribution in [-0.2, 0) is 4.79 Å². The van der Waals surface area contributed by atoms with Crippen molar-refractivity contribution in [3.8, 4) is 11.5 Å². The van der Waals surface area contributed by atoms with Gasteiger partial charge in [0.25, 0.3) is 5.91 Å². The van der Waals surface area contributed by atoms with Gasteiger partial charge < -0.3 is 9.47 Å². The number of amides is 1. The van der Waals surface area contributed by atoms with Crippen LogP contribution < -0.4 is 9.47 Å². The third-order valence-corrected chi connectivity index (χ3v) is 5.37. The number of rotatable bonds is 3. The van der Waals surface area contributed by atoms with Crippen LogP contribution in [0.4, 0.5) is 10.1 Å². The second-order valence-corrected chi connectivity index (χ2v) is 7.17. The Kier molecular flexibility index (Phi) is 4.80. The molecular formula is C19H14ClFN2O3S. The van der Waals surface area contributed by atoms with E-state index in [1.54, 1.807) is 35.2 Å². The number of hydrogen-bond acceptors (Lipinski definition) is 5. The first-order valence-electron chi connectivity index (χ1n) is 8.20. The second-order valence-electron chi connectivity index (χ2n) is 5.76. The molecule has 2 aliphatic rings.